The molecule has 0 aromatic carbocycles. The highest BCUT2D eigenvalue weighted by Gasteiger charge is 2.63. The zero-order valence-corrected chi connectivity index (χ0v) is 14.2. The molecular weight excluding hydrogens is 294 g/mol. The van der Waals surface area contributed by atoms with Crippen LogP contribution in [0.3, 0.4) is 0 Å². The summed E-state index contributed by atoms with van der Waals surface area (Å²) in [5.74, 6) is -1.49. The summed E-state index contributed by atoms with van der Waals surface area (Å²) in [4.78, 5) is 38.3. The molecule has 2 fully saturated rings. The van der Waals surface area contributed by atoms with Crippen molar-refractivity contribution in [2.45, 2.75) is 40.2 Å². The largest absolute Gasteiger partial charge is 0.443 e. The number of ether oxygens (including phenoxy) is 1. The highest BCUT2D eigenvalue weighted by molar-refractivity contribution is 6.16. The molecule has 0 radical (unpaired) electrons. The van der Waals surface area contributed by atoms with E-state index in [-0.39, 0.29) is 11.8 Å². The monoisotopic (exact) mass is 317 g/mol. The van der Waals surface area contributed by atoms with Crippen molar-refractivity contribution in [3.05, 3.63) is 23.8 Å². The van der Waals surface area contributed by atoms with E-state index in [1.807, 2.05) is 12.2 Å². The van der Waals surface area contributed by atoms with Crippen LogP contribution in [0.4, 0.5) is 4.79 Å². The number of likely N-dealkylation sites (tertiary alicyclic amines) is 1. The third kappa shape index (κ3) is 2.42. The van der Waals surface area contributed by atoms with Gasteiger partial charge in [0.15, 0.2) is 0 Å². The molecule has 3 rings (SSSR count). The minimum atomic E-state index is -0.851. The minimum Gasteiger partial charge on any atom is -0.443 e. The molecule has 1 aliphatic heterocycles. The first-order valence-electron chi connectivity index (χ1n) is 8.12. The second-order valence-electron chi connectivity index (χ2n) is 7.89. The molecule has 4 unspecified atom stereocenters. The molecule has 5 heteroatoms. The predicted octanol–water partition coefficient (Wildman–Crippen LogP) is 2.92. The topological polar surface area (TPSA) is 63.7 Å². The van der Waals surface area contributed by atoms with Crippen LogP contribution in [-0.2, 0) is 14.3 Å². The van der Waals surface area contributed by atoms with Crippen LogP contribution in [-0.4, -0.2) is 28.4 Å². The molecule has 4 atom stereocenters. The first kappa shape index (κ1) is 16.0. The summed E-state index contributed by atoms with van der Waals surface area (Å²) in [6.07, 6.45) is 5.30. The second kappa shape index (κ2) is 5.05. The molecule has 3 aliphatic rings. The number of carbonyl (C=O) groups is 3. The van der Waals surface area contributed by atoms with Gasteiger partial charge < -0.3 is 4.74 Å². The molecule has 2 aliphatic carbocycles. The van der Waals surface area contributed by atoms with Crippen molar-refractivity contribution in [1.29, 1.82) is 0 Å². The van der Waals surface area contributed by atoms with Gasteiger partial charge in [0.2, 0.25) is 11.8 Å². The number of amides is 3. The fourth-order valence-corrected chi connectivity index (χ4v) is 3.90. The van der Waals surface area contributed by atoms with Gasteiger partial charge in [-0.15, -0.1) is 0 Å². The highest BCUT2D eigenvalue weighted by Crippen LogP contribution is 2.56. The van der Waals surface area contributed by atoms with Gasteiger partial charge in [0, 0.05) is 11.8 Å². The fraction of sp³-hybridized carbons (Fsp3) is 0.611. The molecule has 0 spiro atoms. The molecule has 2 bridgehead atoms. The molecule has 1 saturated heterocycles. The van der Waals surface area contributed by atoms with Gasteiger partial charge in [-0.25, -0.2) is 4.79 Å². The molecular formula is C18H23NO4. The zero-order chi connectivity index (χ0) is 17.1. The quantitative estimate of drug-likeness (QED) is 0.551. The van der Waals surface area contributed by atoms with E-state index in [0.717, 1.165) is 10.5 Å². The summed E-state index contributed by atoms with van der Waals surface area (Å²) in [5.41, 5.74) is 0.412. The Morgan fingerprint density at radius 3 is 2.00 bits per heavy atom. The Bertz CT molecular complexity index is 604. The number of nitrogens with zero attached hydrogens (tertiary/aromatic N) is 1. The molecule has 5 nitrogen and oxygen atoms in total. The minimum absolute atomic E-state index is 0.0590. The van der Waals surface area contributed by atoms with E-state index < -0.39 is 35.3 Å². The number of imide groups is 3. The van der Waals surface area contributed by atoms with Crippen molar-refractivity contribution < 1.29 is 19.1 Å². The Kier molecular flexibility index (Phi) is 3.50. The maximum absolute atomic E-state index is 12.7. The van der Waals surface area contributed by atoms with Gasteiger partial charge in [-0.1, -0.05) is 37.6 Å². The number of rotatable bonds is 1. The lowest BCUT2D eigenvalue weighted by atomic mass is 9.85. The Morgan fingerprint density at radius 1 is 1.13 bits per heavy atom. The highest BCUT2D eigenvalue weighted by atomic mass is 16.6. The SMILES string of the molecule is CC(C)C=C1C2C=CC1C1C(=O)N(C(=O)OC(C)(C)C)C(=O)C21. The van der Waals surface area contributed by atoms with E-state index in [2.05, 4.69) is 19.9 Å². The van der Waals surface area contributed by atoms with E-state index in [0.29, 0.717) is 5.92 Å². The molecule has 3 amide bonds. The lowest BCUT2D eigenvalue weighted by molar-refractivity contribution is -0.139. The molecule has 23 heavy (non-hydrogen) atoms. The molecule has 0 N–H and O–H groups in total. The second-order valence-corrected chi connectivity index (χ2v) is 7.89. The molecule has 1 saturated carbocycles. The van der Waals surface area contributed by atoms with Gasteiger partial charge in [-0.05, 0) is 26.7 Å². The maximum atomic E-state index is 12.7. The van der Waals surface area contributed by atoms with Crippen LogP contribution in [0.5, 0.6) is 0 Å². The molecule has 1 heterocycles. The summed E-state index contributed by atoms with van der Waals surface area (Å²) >= 11 is 0. The molecule has 124 valence electrons. The average Bonchev–Trinajstić information content (AvgIpc) is 2.98. The van der Waals surface area contributed by atoms with Crippen LogP contribution in [0.25, 0.3) is 0 Å². The van der Waals surface area contributed by atoms with Crippen molar-refractivity contribution >= 4 is 17.9 Å². The third-order valence-corrected chi connectivity index (χ3v) is 4.57. The molecule has 0 aromatic rings. The lowest BCUT2D eigenvalue weighted by Crippen LogP contribution is -2.42. The first-order valence-corrected chi connectivity index (χ1v) is 8.12. The van der Waals surface area contributed by atoms with Gasteiger partial charge in [-0.2, -0.15) is 4.90 Å². The van der Waals surface area contributed by atoms with Gasteiger partial charge in [0.1, 0.15) is 5.60 Å². The van der Waals surface area contributed by atoms with Gasteiger partial charge in [-0.3, -0.25) is 9.59 Å². The normalized spacial score (nSPS) is 32.1. The van der Waals surface area contributed by atoms with Crippen molar-refractivity contribution in [2.24, 2.45) is 29.6 Å². The van der Waals surface area contributed by atoms with Crippen LogP contribution < -0.4 is 0 Å². The van der Waals surface area contributed by atoms with Crippen LogP contribution in [0.15, 0.2) is 23.8 Å². The van der Waals surface area contributed by atoms with E-state index >= 15 is 0 Å². The summed E-state index contributed by atoms with van der Waals surface area (Å²) < 4.78 is 5.22. The van der Waals surface area contributed by atoms with E-state index in [1.165, 1.54) is 0 Å². The summed E-state index contributed by atoms with van der Waals surface area (Å²) in [6.45, 7) is 9.30. The number of carbonyl (C=O) groups excluding carboxylic acids is 3. The van der Waals surface area contributed by atoms with Crippen LogP contribution in [0, 0.1) is 29.6 Å². The molecule has 0 aromatic heterocycles. The number of hydrogen-bond acceptors (Lipinski definition) is 4. The number of hydrogen-bond donors (Lipinski definition) is 0. The van der Waals surface area contributed by atoms with E-state index in [4.69, 9.17) is 4.74 Å². The summed E-state index contributed by atoms with van der Waals surface area (Å²) in [6, 6.07) is 0. The van der Waals surface area contributed by atoms with Crippen molar-refractivity contribution in [3.8, 4) is 0 Å². The summed E-state index contributed by atoms with van der Waals surface area (Å²) in [7, 11) is 0. The standard InChI is InChI=1S/C18H23NO4/c1-9(2)8-12-10-6-7-11(12)14-13(10)15(20)19(16(14)21)17(22)23-18(3,4)5/h6-11,13-14H,1-5H3. The van der Waals surface area contributed by atoms with Crippen molar-refractivity contribution in [2.75, 3.05) is 0 Å². The van der Waals surface area contributed by atoms with Crippen molar-refractivity contribution in [1.82, 2.24) is 4.90 Å². The predicted molar refractivity (Wildman–Crippen MR) is 84.1 cm³/mol. The van der Waals surface area contributed by atoms with Gasteiger partial charge >= 0.3 is 6.09 Å². The fourth-order valence-electron chi connectivity index (χ4n) is 3.90. The Hall–Kier alpha value is -1.91. The first-order chi connectivity index (χ1) is 10.6. The zero-order valence-electron chi connectivity index (χ0n) is 14.2. The third-order valence-electron chi connectivity index (χ3n) is 4.57. The smallest absolute Gasteiger partial charge is 0.424 e. The van der Waals surface area contributed by atoms with E-state index in [9.17, 15) is 14.4 Å². The summed E-state index contributed by atoms with van der Waals surface area (Å²) in [5, 5.41) is 0. The number of allylic oxidation sites excluding steroid dienone is 4. The Balaban J connectivity index is 1.89. The number of fused-ring (bicyclic) bond motifs is 5. The Labute approximate surface area is 136 Å². The van der Waals surface area contributed by atoms with Gasteiger partial charge in [0.25, 0.3) is 0 Å². The average molecular weight is 317 g/mol. The van der Waals surface area contributed by atoms with Crippen LogP contribution >= 0.6 is 0 Å². The van der Waals surface area contributed by atoms with Crippen LogP contribution in [0.1, 0.15) is 34.6 Å². The Morgan fingerprint density at radius 2 is 1.61 bits per heavy atom. The van der Waals surface area contributed by atoms with Gasteiger partial charge in [0.05, 0.1) is 11.8 Å². The lowest BCUT2D eigenvalue weighted by Gasteiger charge is -2.23. The maximum Gasteiger partial charge on any atom is 0.424 e. The van der Waals surface area contributed by atoms with Crippen LogP contribution in [0.2, 0.25) is 0 Å². The van der Waals surface area contributed by atoms with Crippen molar-refractivity contribution in [3.63, 3.8) is 0 Å². The van der Waals surface area contributed by atoms with E-state index in [1.54, 1.807) is 20.8 Å².